The van der Waals surface area contributed by atoms with Crippen LogP contribution in [0.15, 0.2) is 60.7 Å². The van der Waals surface area contributed by atoms with E-state index in [1.165, 1.54) is 11.1 Å². The Hall–Kier alpha value is -3.83. The molecular formula is C34H36O5. The van der Waals surface area contributed by atoms with Gasteiger partial charge >= 0.3 is 0 Å². The molecule has 0 saturated heterocycles. The average Bonchev–Trinajstić information content (AvgIpc) is 2.94. The second kappa shape index (κ2) is 11.5. The van der Waals surface area contributed by atoms with E-state index in [4.69, 9.17) is 14.2 Å². The molecule has 0 bridgehead atoms. The largest absolute Gasteiger partial charge is 0.488 e. The van der Waals surface area contributed by atoms with Crippen LogP contribution in [-0.2, 0) is 26.1 Å². The van der Waals surface area contributed by atoms with Gasteiger partial charge in [0.2, 0.25) is 5.78 Å². The molecule has 5 nitrogen and oxygen atoms in total. The van der Waals surface area contributed by atoms with Crippen molar-refractivity contribution < 1.29 is 24.1 Å². The van der Waals surface area contributed by atoms with Crippen molar-refractivity contribution in [2.45, 2.75) is 65.3 Å². The highest BCUT2D eigenvalue weighted by Crippen LogP contribution is 2.39. The molecular weight excluding hydrogens is 488 g/mol. The number of benzene rings is 3. The lowest BCUT2D eigenvalue weighted by atomic mass is 9.93. The zero-order valence-electron chi connectivity index (χ0n) is 23.0. The second-order valence-electron chi connectivity index (χ2n) is 10.7. The number of ketones is 1. The fraction of sp³-hybridized carbons (Fsp3) is 0.324. The van der Waals surface area contributed by atoms with E-state index in [1.807, 2.05) is 50.3 Å². The number of hydrogen-bond donors (Lipinski definition) is 1. The Balaban J connectivity index is 1.38. The molecule has 0 atom stereocenters. The molecule has 2 aliphatic rings. The van der Waals surface area contributed by atoms with Gasteiger partial charge in [-0.05, 0) is 91.8 Å². The summed E-state index contributed by atoms with van der Waals surface area (Å²) in [6.45, 7) is 6.07. The molecule has 0 fully saturated rings. The molecule has 0 spiro atoms. The zero-order valence-corrected chi connectivity index (χ0v) is 23.0. The van der Waals surface area contributed by atoms with Crippen molar-refractivity contribution in [3.05, 3.63) is 99.6 Å². The van der Waals surface area contributed by atoms with Crippen LogP contribution in [0.4, 0.5) is 0 Å². The Morgan fingerprint density at radius 2 is 1.90 bits per heavy atom. The number of aliphatic hydroxyl groups excluding tert-OH is 1. The van der Waals surface area contributed by atoms with Gasteiger partial charge in [0.1, 0.15) is 29.5 Å². The molecule has 3 aromatic carbocycles. The van der Waals surface area contributed by atoms with E-state index in [-0.39, 0.29) is 19.0 Å². The molecule has 0 amide bonds. The third-order valence-corrected chi connectivity index (χ3v) is 7.20. The Kier molecular flexibility index (Phi) is 7.89. The first kappa shape index (κ1) is 26.8. The van der Waals surface area contributed by atoms with Crippen LogP contribution in [0.2, 0.25) is 0 Å². The van der Waals surface area contributed by atoms with Gasteiger partial charge in [-0.25, -0.2) is 0 Å². The summed E-state index contributed by atoms with van der Waals surface area (Å²) in [6, 6.07) is 15.7. The number of carbonyl (C=O) groups is 1. The molecule has 39 heavy (non-hydrogen) atoms. The fourth-order valence-electron chi connectivity index (χ4n) is 5.17. The molecule has 5 heteroatoms. The predicted molar refractivity (Wildman–Crippen MR) is 154 cm³/mol. The number of aryl methyl sites for hydroxylation is 2. The number of aliphatic hydroxyl groups is 1. The van der Waals surface area contributed by atoms with Crippen LogP contribution in [0.25, 0.3) is 12.2 Å². The monoisotopic (exact) mass is 524 g/mol. The van der Waals surface area contributed by atoms with Gasteiger partial charge in [0.05, 0.1) is 17.7 Å². The number of fused-ring (bicyclic) bond motifs is 2. The summed E-state index contributed by atoms with van der Waals surface area (Å²) >= 11 is 0. The number of carbonyl (C=O) groups excluding carboxylic acids is 1. The first-order chi connectivity index (χ1) is 18.9. The molecule has 1 aliphatic heterocycles. The van der Waals surface area contributed by atoms with Crippen LogP contribution in [0, 0.1) is 0 Å². The van der Waals surface area contributed by atoms with Crippen LogP contribution < -0.4 is 14.2 Å². The minimum absolute atomic E-state index is 0.187. The highest BCUT2D eigenvalue weighted by atomic mass is 16.5. The predicted octanol–water partition coefficient (Wildman–Crippen LogP) is 7.12. The SMILES string of the molecule is CCCc1ccc(C(=O)COc2c(CO)ccc3c2C=CC(C)(C)O3)c(OCc2cccc3c2C=CCC3)c1. The summed E-state index contributed by atoms with van der Waals surface area (Å²) in [5.74, 6) is 1.50. The van der Waals surface area contributed by atoms with E-state index in [9.17, 15) is 9.90 Å². The smallest absolute Gasteiger partial charge is 0.203 e. The molecule has 1 N–H and O–H groups in total. The first-order valence-electron chi connectivity index (χ1n) is 13.7. The lowest BCUT2D eigenvalue weighted by Crippen LogP contribution is -2.27. The molecule has 0 unspecified atom stereocenters. The van der Waals surface area contributed by atoms with E-state index in [0.717, 1.165) is 42.4 Å². The van der Waals surface area contributed by atoms with Crippen molar-refractivity contribution in [2.75, 3.05) is 6.61 Å². The highest BCUT2D eigenvalue weighted by molar-refractivity contribution is 6.00. The van der Waals surface area contributed by atoms with Crippen molar-refractivity contribution in [2.24, 2.45) is 0 Å². The maximum Gasteiger partial charge on any atom is 0.203 e. The third-order valence-electron chi connectivity index (χ3n) is 7.20. The van der Waals surface area contributed by atoms with E-state index in [2.05, 4.69) is 37.3 Å². The summed E-state index contributed by atoms with van der Waals surface area (Å²) in [5, 5.41) is 9.94. The topological polar surface area (TPSA) is 65.0 Å². The van der Waals surface area contributed by atoms with Gasteiger partial charge in [-0.15, -0.1) is 0 Å². The van der Waals surface area contributed by atoms with Gasteiger partial charge in [0, 0.05) is 5.56 Å². The van der Waals surface area contributed by atoms with Crippen LogP contribution in [0.3, 0.4) is 0 Å². The van der Waals surface area contributed by atoms with Crippen molar-refractivity contribution >= 4 is 17.9 Å². The number of rotatable bonds is 10. The molecule has 202 valence electrons. The molecule has 1 aliphatic carbocycles. The molecule has 5 rings (SSSR count). The average molecular weight is 525 g/mol. The Morgan fingerprint density at radius 1 is 1.03 bits per heavy atom. The molecule has 1 heterocycles. The van der Waals surface area contributed by atoms with E-state index in [0.29, 0.717) is 35.0 Å². The number of allylic oxidation sites excluding steroid dienone is 1. The van der Waals surface area contributed by atoms with Gasteiger partial charge in [0.25, 0.3) is 0 Å². The number of hydrogen-bond acceptors (Lipinski definition) is 5. The number of Topliss-reactive ketones (excluding diaryl/α,β-unsaturated/α-hetero) is 1. The lowest BCUT2D eigenvalue weighted by molar-refractivity contribution is 0.0913. The Bertz CT molecular complexity index is 1430. The quantitative estimate of drug-likeness (QED) is 0.286. The summed E-state index contributed by atoms with van der Waals surface area (Å²) in [6.07, 6.45) is 12.2. The van der Waals surface area contributed by atoms with Crippen molar-refractivity contribution in [3.8, 4) is 17.2 Å². The van der Waals surface area contributed by atoms with E-state index in [1.54, 1.807) is 6.07 Å². The molecule has 0 aromatic heterocycles. The standard InChI is InChI=1S/C34H36O5/c1-4-8-23-13-15-28(32(19-23)37-21-26-11-7-10-24-9-5-6-12-27(24)26)30(36)22-38-33-25(20-35)14-16-31-29(33)17-18-34(2,3)39-31/h6-7,10-19,35H,4-5,8-9,20-22H2,1-3H3. The lowest BCUT2D eigenvalue weighted by Gasteiger charge is -2.29. The Labute approximate surface area is 230 Å². The van der Waals surface area contributed by atoms with Gasteiger partial charge in [-0.2, -0.15) is 0 Å². The molecule has 0 saturated carbocycles. The summed E-state index contributed by atoms with van der Waals surface area (Å²) in [4.78, 5) is 13.5. The normalized spacial score (nSPS) is 14.8. The number of ether oxygens (including phenoxy) is 3. The van der Waals surface area contributed by atoms with Gasteiger partial charge < -0.3 is 19.3 Å². The van der Waals surface area contributed by atoms with E-state index < -0.39 is 5.60 Å². The van der Waals surface area contributed by atoms with Crippen molar-refractivity contribution in [3.63, 3.8) is 0 Å². The summed E-state index contributed by atoms with van der Waals surface area (Å²) < 4.78 is 18.5. The third kappa shape index (κ3) is 5.94. The summed E-state index contributed by atoms with van der Waals surface area (Å²) in [7, 11) is 0. The summed E-state index contributed by atoms with van der Waals surface area (Å²) in [5.41, 5.74) is 6.15. The Morgan fingerprint density at radius 3 is 2.72 bits per heavy atom. The maximum absolute atomic E-state index is 13.5. The van der Waals surface area contributed by atoms with Crippen LogP contribution in [-0.4, -0.2) is 23.1 Å². The van der Waals surface area contributed by atoms with Gasteiger partial charge in [-0.3, -0.25) is 4.79 Å². The van der Waals surface area contributed by atoms with Gasteiger partial charge in [0.15, 0.2) is 6.61 Å². The van der Waals surface area contributed by atoms with Crippen LogP contribution in [0.5, 0.6) is 17.2 Å². The maximum atomic E-state index is 13.5. The fourth-order valence-corrected chi connectivity index (χ4v) is 5.17. The molecule has 3 aromatic rings. The minimum Gasteiger partial charge on any atom is -0.488 e. The van der Waals surface area contributed by atoms with E-state index >= 15 is 0 Å². The van der Waals surface area contributed by atoms with Gasteiger partial charge in [-0.1, -0.05) is 49.8 Å². The highest BCUT2D eigenvalue weighted by Gasteiger charge is 2.26. The molecule has 0 radical (unpaired) electrons. The van der Waals surface area contributed by atoms with Crippen molar-refractivity contribution in [1.82, 2.24) is 0 Å². The van der Waals surface area contributed by atoms with Crippen molar-refractivity contribution in [1.29, 1.82) is 0 Å². The minimum atomic E-state index is -0.443. The zero-order chi connectivity index (χ0) is 27.4. The van der Waals surface area contributed by atoms with Crippen LogP contribution >= 0.6 is 0 Å². The van der Waals surface area contributed by atoms with Crippen LogP contribution in [0.1, 0.15) is 77.4 Å². The second-order valence-corrected chi connectivity index (χ2v) is 10.7. The first-order valence-corrected chi connectivity index (χ1v) is 13.7.